The molecule has 0 radical (unpaired) electrons. The van der Waals surface area contributed by atoms with Crippen molar-refractivity contribution in [3.05, 3.63) is 101 Å². The van der Waals surface area contributed by atoms with Gasteiger partial charge in [-0.15, -0.1) is 0 Å². The van der Waals surface area contributed by atoms with Crippen LogP contribution in [-0.4, -0.2) is 57.9 Å². The molecule has 1 aliphatic rings. The molecule has 0 saturated carbocycles. The number of rotatable bonds is 4. The number of benzene rings is 2. The summed E-state index contributed by atoms with van der Waals surface area (Å²) >= 11 is 0. The van der Waals surface area contributed by atoms with Crippen molar-refractivity contribution in [1.82, 2.24) is 19.8 Å². The van der Waals surface area contributed by atoms with Crippen LogP contribution in [0.15, 0.2) is 73.1 Å². The third kappa shape index (κ3) is 6.55. The van der Waals surface area contributed by atoms with Crippen LogP contribution in [0.2, 0.25) is 0 Å². The molecule has 1 amide bonds. The molecule has 1 aliphatic heterocycles. The minimum absolute atomic E-state index is 0.0262. The first kappa shape index (κ1) is 28.2. The van der Waals surface area contributed by atoms with Gasteiger partial charge in [0.2, 0.25) is 0 Å². The first-order valence-corrected chi connectivity index (χ1v) is 12.8. The number of fused-ring (bicyclic) bond motifs is 1. The summed E-state index contributed by atoms with van der Waals surface area (Å²) in [6.45, 7) is 1.13. The predicted molar refractivity (Wildman–Crippen MR) is 141 cm³/mol. The van der Waals surface area contributed by atoms with Crippen LogP contribution < -0.4 is 0 Å². The van der Waals surface area contributed by atoms with E-state index < -0.39 is 41.0 Å². The Balaban J connectivity index is 1.45. The molecule has 1 saturated heterocycles. The van der Waals surface area contributed by atoms with Crippen molar-refractivity contribution in [3.63, 3.8) is 0 Å². The Morgan fingerprint density at radius 2 is 1.66 bits per heavy atom. The number of nitrogens with zero attached hydrogens (tertiary/aromatic N) is 3. The number of H-pyrrole nitrogens is 1. The molecule has 2 aromatic heterocycles. The lowest BCUT2D eigenvalue weighted by molar-refractivity contribution is -0.143. The minimum Gasteiger partial charge on any atom is -0.361 e. The second kappa shape index (κ2) is 11.3. The SMILES string of the molecule is O=C(c1cc(C(F)(F)F)cc(C(F)(F)F)c1)N1CCN(CC#Cc2ccccn2)C[C@H]1Cc1c[nH]c2ccccc12. The maximum atomic E-state index is 13.6. The summed E-state index contributed by atoms with van der Waals surface area (Å²) in [5, 5.41) is 0.922. The maximum absolute atomic E-state index is 13.6. The van der Waals surface area contributed by atoms with Gasteiger partial charge in [0.1, 0.15) is 5.69 Å². The van der Waals surface area contributed by atoms with Crippen molar-refractivity contribution in [2.24, 2.45) is 0 Å². The molecular formula is C30H24F6N4O. The van der Waals surface area contributed by atoms with Crippen molar-refractivity contribution in [1.29, 1.82) is 0 Å². The highest BCUT2D eigenvalue weighted by Crippen LogP contribution is 2.37. The second-order valence-corrected chi connectivity index (χ2v) is 9.76. The van der Waals surface area contributed by atoms with Gasteiger partial charge in [0.25, 0.3) is 5.91 Å². The molecule has 1 atom stereocenters. The van der Waals surface area contributed by atoms with Crippen molar-refractivity contribution in [2.75, 3.05) is 26.2 Å². The van der Waals surface area contributed by atoms with Crippen LogP contribution in [0.25, 0.3) is 10.9 Å². The van der Waals surface area contributed by atoms with E-state index in [9.17, 15) is 31.1 Å². The topological polar surface area (TPSA) is 52.2 Å². The number of hydrogen-bond acceptors (Lipinski definition) is 3. The average molecular weight is 571 g/mol. The molecule has 5 rings (SSSR count). The van der Waals surface area contributed by atoms with Crippen LogP contribution in [0.1, 0.15) is 32.7 Å². The lowest BCUT2D eigenvalue weighted by Crippen LogP contribution is -2.56. The van der Waals surface area contributed by atoms with E-state index >= 15 is 0 Å². The fourth-order valence-electron chi connectivity index (χ4n) is 4.98. The van der Waals surface area contributed by atoms with Crippen LogP contribution in [0.5, 0.6) is 0 Å². The van der Waals surface area contributed by atoms with E-state index in [1.807, 2.05) is 35.2 Å². The van der Waals surface area contributed by atoms with Gasteiger partial charge < -0.3 is 9.88 Å². The van der Waals surface area contributed by atoms with Gasteiger partial charge in [0, 0.05) is 54.5 Å². The van der Waals surface area contributed by atoms with E-state index in [1.54, 1.807) is 24.5 Å². The smallest absolute Gasteiger partial charge is 0.361 e. The number of pyridine rings is 1. The molecule has 0 spiro atoms. The Morgan fingerprint density at radius 1 is 0.951 bits per heavy atom. The largest absolute Gasteiger partial charge is 0.416 e. The van der Waals surface area contributed by atoms with E-state index in [2.05, 4.69) is 21.8 Å². The third-order valence-corrected chi connectivity index (χ3v) is 6.98. The van der Waals surface area contributed by atoms with Crippen LogP contribution in [0, 0.1) is 11.8 Å². The van der Waals surface area contributed by atoms with Crippen molar-refractivity contribution in [2.45, 2.75) is 24.8 Å². The standard InChI is InChI=1S/C30H24F6N4O/c31-29(32,33)22-14-20(15-23(17-22)30(34,35)36)28(41)40-13-12-39(11-5-7-24-6-3-4-10-37-24)19-25(40)16-21-18-38-27-9-2-1-8-26(21)27/h1-4,6,8-10,14-15,17-18,25,38H,11-13,16,19H2/t25-/m1/s1. The van der Waals surface area contributed by atoms with E-state index in [4.69, 9.17) is 0 Å². The second-order valence-electron chi connectivity index (χ2n) is 9.76. The number of carbonyl (C=O) groups excluding carboxylic acids is 1. The maximum Gasteiger partial charge on any atom is 0.416 e. The Labute approximate surface area is 231 Å². The van der Waals surface area contributed by atoms with Crippen LogP contribution in [0.3, 0.4) is 0 Å². The fraction of sp³-hybridized carbons (Fsp3) is 0.267. The summed E-state index contributed by atoms with van der Waals surface area (Å²) in [5.41, 5.74) is -1.34. The molecule has 0 unspecified atom stereocenters. The van der Waals surface area contributed by atoms with Gasteiger partial charge in [-0.2, -0.15) is 26.3 Å². The van der Waals surface area contributed by atoms with E-state index in [-0.39, 0.29) is 12.6 Å². The molecule has 4 aromatic rings. The number of carbonyl (C=O) groups is 1. The number of piperazine rings is 1. The number of alkyl halides is 6. The summed E-state index contributed by atoms with van der Waals surface area (Å²) in [4.78, 5) is 24.3. The van der Waals surface area contributed by atoms with Gasteiger partial charge in [-0.1, -0.05) is 30.2 Å². The first-order chi connectivity index (χ1) is 19.5. The van der Waals surface area contributed by atoms with Crippen LogP contribution >= 0.6 is 0 Å². The molecule has 11 heteroatoms. The molecular weight excluding hydrogens is 546 g/mol. The Morgan fingerprint density at radius 3 is 2.34 bits per heavy atom. The Kier molecular flexibility index (Phi) is 7.78. The van der Waals surface area contributed by atoms with Crippen molar-refractivity contribution >= 4 is 16.8 Å². The molecule has 2 aromatic carbocycles. The Bertz CT molecular complexity index is 1570. The van der Waals surface area contributed by atoms with Gasteiger partial charge >= 0.3 is 12.4 Å². The average Bonchev–Trinajstić information content (AvgIpc) is 3.35. The number of nitrogens with one attached hydrogen (secondary N) is 1. The lowest BCUT2D eigenvalue weighted by Gasteiger charge is -2.41. The molecule has 5 nitrogen and oxygen atoms in total. The predicted octanol–water partition coefficient (Wildman–Crippen LogP) is 6.02. The number of aromatic amines is 1. The number of amides is 1. The molecule has 41 heavy (non-hydrogen) atoms. The summed E-state index contributed by atoms with van der Waals surface area (Å²) in [7, 11) is 0. The quantitative estimate of drug-likeness (QED) is 0.241. The van der Waals surface area contributed by atoms with E-state index in [1.165, 1.54) is 4.90 Å². The Hall–Kier alpha value is -4.30. The molecule has 212 valence electrons. The van der Waals surface area contributed by atoms with Gasteiger partial charge in [-0.05, 0) is 54.3 Å². The third-order valence-electron chi connectivity index (χ3n) is 6.98. The van der Waals surface area contributed by atoms with Crippen molar-refractivity contribution < 1.29 is 31.1 Å². The van der Waals surface area contributed by atoms with E-state index in [0.717, 1.165) is 16.5 Å². The van der Waals surface area contributed by atoms with E-state index in [0.29, 0.717) is 43.9 Å². The molecule has 0 bridgehead atoms. The summed E-state index contributed by atoms with van der Waals surface area (Å²) in [5.74, 6) is 5.15. The summed E-state index contributed by atoms with van der Waals surface area (Å²) in [6, 6.07) is 13.4. The van der Waals surface area contributed by atoms with Crippen LogP contribution in [0.4, 0.5) is 26.3 Å². The molecule has 1 N–H and O–H groups in total. The van der Waals surface area contributed by atoms with Crippen LogP contribution in [-0.2, 0) is 18.8 Å². The van der Waals surface area contributed by atoms with Gasteiger partial charge in [-0.25, -0.2) is 4.98 Å². The lowest BCUT2D eigenvalue weighted by atomic mass is 9.98. The zero-order chi connectivity index (χ0) is 29.2. The van der Waals surface area contributed by atoms with Gasteiger partial charge in [0.15, 0.2) is 0 Å². The zero-order valence-electron chi connectivity index (χ0n) is 21.6. The number of hydrogen-bond donors (Lipinski definition) is 1. The van der Waals surface area contributed by atoms with Gasteiger partial charge in [0.05, 0.1) is 17.7 Å². The number of para-hydroxylation sites is 1. The fourth-order valence-corrected chi connectivity index (χ4v) is 4.98. The number of halogens is 6. The number of aromatic nitrogens is 2. The first-order valence-electron chi connectivity index (χ1n) is 12.8. The molecule has 3 heterocycles. The summed E-state index contributed by atoms with van der Waals surface area (Å²) < 4.78 is 80.9. The molecule has 0 aliphatic carbocycles. The zero-order valence-corrected chi connectivity index (χ0v) is 21.6. The van der Waals surface area contributed by atoms with Gasteiger partial charge in [-0.3, -0.25) is 9.69 Å². The normalized spacial score (nSPS) is 16.4. The minimum atomic E-state index is -5.05. The summed E-state index contributed by atoms with van der Waals surface area (Å²) in [6.07, 6.45) is -6.33. The highest BCUT2D eigenvalue weighted by atomic mass is 19.4. The highest BCUT2D eigenvalue weighted by Gasteiger charge is 2.39. The van der Waals surface area contributed by atoms with Crippen molar-refractivity contribution in [3.8, 4) is 11.8 Å². The molecule has 1 fully saturated rings. The highest BCUT2D eigenvalue weighted by molar-refractivity contribution is 5.95. The monoisotopic (exact) mass is 570 g/mol.